The molecule has 0 fully saturated rings. The monoisotopic (exact) mass is 307 g/mol. The van der Waals surface area contributed by atoms with Crippen LogP contribution in [0.1, 0.15) is 18.9 Å². The van der Waals surface area contributed by atoms with Crippen molar-refractivity contribution < 1.29 is 4.39 Å². The second-order valence-electron chi connectivity index (χ2n) is 3.68. The molecule has 0 amide bonds. The quantitative estimate of drug-likeness (QED) is 0.716. The Balaban J connectivity index is 2.72. The van der Waals surface area contributed by atoms with Crippen molar-refractivity contribution in [3.8, 4) is 0 Å². The Morgan fingerprint density at radius 1 is 1.38 bits per heavy atom. The molecule has 0 unspecified atom stereocenters. The summed E-state index contributed by atoms with van der Waals surface area (Å²) >= 11 is 9.34. The largest absolute Gasteiger partial charge is 0.298 e. The van der Waals surface area contributed by atoms with Crippen molar-refractivity contribution in [1.82, 2.24) is 4.90 Å². The number of nitrogens with zero attached hydrogens (tertiary/aromatic N) is 1. The lowest BCUT2D eigenvalue weighted by atomic mass is 10.2. The molecule has 0 spiro atoms. The first-order chi connectivity index (χ1) is 7.69. The van der Waals surface area contributed by atoms with Gasteiger partial charge in [-0.2, -0.15) is 0 Å². The highest BCUT2D eigenvalue weighted by atomic mass is 79.9. The molecule has 90 valence electrons. The third kappa shape index (κ3) is 4.04. The Labute approximate surface area is 110 Å². The van der Waals surface area contributed by atoms with Crippen molar-refractivity contribution in [2.24, 2.45) is 0 Å². The van der Waals surface area contributed by atoms with Crippen LogP contribution < -0.4 is 0 Å². The fourth-order valence-corrected chi connectivity index (χ4v) is 2.30. The Morgan fingerprint density at radius 3 is 2.75 bits per heavy atom. The van der Waals surface area contributed by atoms with Crippen LogP contribution in [0.5, 0.6) is 0 Å². The Kier molecular flexibility index (Phi) is 6.32. The molecule has 16 heavy (non-hydrogen) atoms. The lowest BCUT2D eigenvalue weighted by molar-refractivity contribution is 0.283. The van der Waals surface area contributed by atoms with Crippen LogP contribution in [0.25, 0.3) is 0 Å². The van der Waals surface area contributed by atoms with Crippen molar-refractivity contribution in [2.75, 3.05) is 18.4 Å². The zero-order chi connectivity index (χ0) is 12.0. The molecule has 0 aliphatic heterocycles. The van der Waals surface area contributed by atoms with Crippen molar-refractivity contribution in [1.29, 1.82) is 0 Å². The van der Waals surface area contributed by atoms with Gasteiger partial charge in [0.2, 0.25) is 0 Å². The molecule has 0 saturated heterocycles. The summed E-state index contributed by atoms with van der Waals surface area (Å²) in [7, 11) is 0. The van der Waals surface area contributed by atoms with Crippen molar-refractivity contribution >= 4 is 27.5 Å². The first-order valence-corrected chi connectivity index (χ1v) is 6.90. The lowest BCUT2D eigenvalue weighted by Gasteiger charge is -2.21. The van der Waals surface area contributed by atoms with E-state index in [4.69, 9.17) is 11.6 Å². The molecule has 1 aromatic carbocycles. The van der Waals surface area contributed by atoms with Crippen LogP contribution in [0.4, 0.5) is 4.39 Å². The first kappa shape index (κ1) is 13.9. The highest BCUT2D eigenvalue weighted by molar-refractivity contribution is 9.09. The molecule has 0 radical (unpaired) electrons. The molecule has 0 bridgehead atoms. The molecule has 0 heterocycles. The molecule has 0 aliphatic carbocycles. The average Bonchev–Trinajstić information content (AvgIpc) is 2.25. The second kappa shape index (κ2) is 7.25. The number of alkyl halides is 1. The SMILES string of the molecule is CCCN(CCBr)Cc1cccc(F)c1Cl. The number of hydrogen-bond acceptors (Lipinski definition) is 1. The van der Waals surface area contributed by atoms with Crippen LogP contribution in [-0.2, 0) is 6.54 Å². The van der Waals surface area contributed by atoms with Crippen LogP contribution in [0, 0.1) is 5.82 Å². The highest BCUT2D eigenvalue weighted by Gasteiger charge is 2.09. The van der Waals surface area contributed by atoms with Crippen molar-refractivity contribution in [2.45, 2.75) is 19.9 Å². The third-order valence-electron chi connectivity index (χ3n) is 2.37. The van der Waals surface area contributed by atoms with Gasteiger partial charge in [0.15, 0.2) is 0 Å². The maximum atomic E-state index is 13.2. The van der Waals surface area contributed by atoms with E-state index in [1.54, 1.807) is 6.07 Å². The summed E-state index contributed by atoms with van der Waals surface area (Å²) in [6.07, 6.45) is 1.08. The Morgan fingerprint density at radius 2 is 2.12 bits per heavy atom. The predicted molar refractivity (Wildman–Crippen MR) is 70.8 cm³/mol. The van der Waals surface area contributed by atoms with E-state index in [1.165, 1.54) is 6.07 Å². The van der Waals surface area contributed by atoms with Crippen LogP contribution in [0.2, 0.25) is 5.02 Å². The first-order valence-electron chi connectivity index (χ1n) is 5.40. The second-order valence-corrected chi connectivity index (χ2v) is 4.85. The van der Waals surface area contributed by atoms with E-state index in [-0.39, 0.29) is 10.8 Å². The third-order valence-corrected chi connectivity index (χ3v) is 3.14. The predicted octanol–water partition coefficient (Wildman–Crippen LogP) is 4.09. The standard InChI is InChI=1S/C12H16BrClFN/c1-2-7-16(8-6-13)9-10-4-3-5-11(15)12(10)14/h3-5H,2,6-9H2,1H3. The van der Waals surface area contributed by atoms with E-state index in [1.807, 2.05) is 6.07 Å². The Hall–Kier alpha value is -0.120. The summed E-state index contributed by atoms with van der Waals surface area (Å²) < 4.78 is 13.2. The number of benzene rings is 1. The van der Waals surface area contributed by atoms with Crippen molar-refractivity contribution in [3.63, 3.8) is 0 Å². The maximum absolute atomic E-state index is 13.2. The highest BCUT2D eigenvalue weighted by Crippen LogP contribution is 2.21. The lowest BCUT2D eigenvalue weighted by Crippen LogP contribution is -2.26. The topological polar surface area (TPSA) is 3.24 Å². The maximum Gasteiger partial charge on any atom is 0.142 e. The summed E-state index contributed by atoms with van der Waals surface area (Å²) in [5, 5.41) is 1.16. The Bertz CT molecular complexity index is 327. The zero-order valence-corrected chi connectivity index (χ0v) is 11.7. The van der Waals surface area contributed by atoms with E-state index in [2.05, 4.69) is 27.8 Å². The van der Waals surface area contributed by atoms with Gasteiger partial charge in [0, 0.05) is 18.4 Å². The average molecular weight is 309 g/mol. The van der Waals surface area contributed by atoms with Gasteiger partial charge in [-0.3, -0.25) is 4.90 Å². The van der Waals surface area contributed by atoms with Gasteiger partial charge >= 0.3 is 0 Å². The molecular formula is C12H16BrClFN. The molecule has 0 aromatic heterocycles. The molecule has 0 N–H and O–H groups in total. The van der Waals surface area contributed by atoms with Gasteiger partial charge in [0.05, 0.1) is 5.02 Å². The summed E-state index contributed by atoms with van der Waals surface area (Å²) in [6.45, 7) is 4.78. The van der Waals surface area contributed by atoms with Crippen LogP contribution in [-0.4, -0.2) is 23.3 Å². The molecule has 1 aromatic rings. The molecule has 1 rings (SSSR count). The summed E-state index contributed by atoms with van der Waals surface area (Å²) in [5.74, 6) is -0.338. The molecule has 0 aliphatic rings. The molecule has 1 nitrogen and oxygen atoms in total. The van der Waals surface area contributed by atoms with Gasteiger partial charge in [-0.1, -0.05) is 46.6 Å². The van der Waals surface area contributed by atoms with Gasteiger partial charge < -0.3 is 0 Å². The van der Waals surface area contributed by atoms with Crippen LogP contribution in [0.3, 0.4) is 0 Å². The molecular weight excluding hydrogens is 292 g/mol. The van der Waals surface area contributed by atoms with E-state index >= 15 is 0 Å². The minimum Gasteiger partial charge on any atom is -0.298 e. The van der Waals surface area contributed by atoms with Crippen molar-refractivity contribution in [3.05, 3.63) is 34.6 Å². The van der Waals surface area contributed by atoms with Gasteiger partial charge in [0.25, 0.3) is 0 Å². The van der Waals surface area contributed by atoms with E-state index < -0.39 is 0 Å². The molecule has 4 heteroatoms. The zero-order valence-electron chi connectivity index (χ0n) is 9.35. The normalized spacial score (nSPS) is 11.1. The fourth-order valence-electron chi connectivity index (χ4n) is 1.62. The number of rotatable bonds is 6. The fraction of sp³-hybridized carbons (Fsp3) is 0.500. The molecule has 0 atom stereocenters. The van der Waals surface area contributed by atoms with Gasteiger partial charge in [-0.15, -0.1) is 0 Å². The van der Waals surface area contributed by atoms with Crippen LogP contribution in [0.15, 0.2) is 18.2 Å². The number of halogens is 3. The van der Waals surface area contributed by atoms with E-state index in [9.17, 15) is 4.39 Å². The van der Waals surface area contributed by atoms with Crippen LogP contribution >= 0.6 is 27.5 Å². The van der Waals surface area contributed by atoms with Gasteiger partial charge in [-0.25, -0.2) is 4.39 Å². The minimum atomic E-state index is -0.338. The van der Waals surface area contributed by atoms with Gasteiger partial charge in [0.1, 0.15) is 5.82 Å². The summed E-state index contributed by atoms with van der Waals surface area (Å²) in [5.41, 5.74) is 0.857. The number of hydrogen-bond donors (Lipinski definition) is 0. The van der Waals surface area contributed by atoms with E-state index in [0.717, 1.165) is 30.4 Å². The van der Waals surface area contributed by atoms with Gasteiger partial charge in [-0.05, 0) is 24.6 Å². The van der Waals surface area contributed by atoms with E-state index in [0.29, 0.717) is 6.54 Å². The smallest absolute Gasteiger partial charge is 0.142 e. The summed E-state index contributed by atoms with van der Waals surface area (Å²) in [4.78, 5) is 2.26. The minimum absolute atomic E-state index is 0.248. The summed E-state index contributed by atoms with van der Waals surface area (Å²) in [6, 6.07) is 4.97. The molecule has 0 saturated carbocycles.